The summed E-state index contributed by atoms with van der Waals surface area (Å²) >= 11 is 0. The molecule has 3 fully saturated rings. The van der Waals surface area contributed by atoms with E-state index in [0.717, 1.165) is 171 Å². The number of benzene rings is 10. The van der Waals surface area contributed by atoms with Crippen LogP contribution in [0.2, 0.25) is 0 Å². The average molecular weight is 1860 g/mol. The second kappa shape index (κ2) is 45.7. The Morgan fingerprint density at radius 2 is 0.877 bits per heavy atom. The van der Waals surface area contributed by atoms with Gasteiger partial charge in [-0.1, -0.05) is 81.5 Å². The predicted octanol–water partition coefficient (Wildman–Crippen LogP) is 18.3. The van der Waals surface area contributed by atoms with Gasteiger partial charge in [-0.15, -0.1) is 0 Å². The number of aliphatic hydroxyl groups excluding tert-OH is 1. The largest absolute Gasteiger partial charge is 0.393 e. The first-order valence-electron chi connectivity index (χ1n) is 41.5. The summed E-state index contributed by atoms with van der Waals surface area (Å²) < 4.78 is 202. The zero-order valence-electron chi connectivity index (χ0n) is 71.4. The fraction of sp³-hybridized carbons (Fsp3) is 0.274. The van der Waals surface area contributed by atoms with Crippen molar-refractivity contribution in [2.24, 2.45) is 5.92 Å². The highest BCUT2D eigenvalue weighted by Gasteiger charge is 2.31. The topological polar surface area (TPSA) is 307 Å². The number of nitrogens with one attached hydrogen (secondary N) is 6. The van der Waals surface area contributed by atoms with Gasteiger partial charge in [-0.25, -0.2) is 78.7 Å². The second-order valence-electron chi connectivity index (χ2n) is 31.2. The third-order valence-electron chi connectivity index (χ3n) is 21.4. The molecule has 3 heterocycles. The number of piperidine rings is 3. The minimum atomic E-state index is -3.94. The summed E-state index contributed by atoms with van der Waals surface area (Å²) in [5.74, 6) is -12.8. The number of aryl methyl sites for hydroxylation is 1. The number of fused-ring (bicyclic) bond motifs is 1. The van der Waals surface area contributed by atoms with E-state index in [4.69, 9.17) is 0 Å². The minimum Gasteiger partial charge on any atom is -0.393 e. The van der Waals surface area contributed by atoms with E-state index < -0.39 is 124 Å². The van der Waals surface area contributed by atoms with E-state index in [1.54, 1.807) is 73.9 Å². The van der Waals surface area contributed by atoms with Crippen molar-refractivity contribution in [3.8, 4) is 0 Å². The Bertz CT molecular complexity index is 5940. The van der Waals surface area contributed by atoms with Crippen LogP contribution in [0.3, 0.4) is 0 Å². The van der Waals surface area contributed by atoms with Crippen LogP contribution in [0.1, 0.15) is 188 Å². The van der Waals surface area contributed by atoms with Gasteiger partial charge in [0.2, 0.25) is 20.0 Å². The maximum absolute atomic E-state index is 14.0. The number of nitrogens with zero attached hydrogens (tertiary/aromatic N) is 3. The molecule has 4 aliphatic rings. The Morgan fingerprint density at radius 1 is 0.438 bits per heavy atom. The monoisotopic (exact) mass is 1860 g/mol. The van der Waals surface area contributed by atoms with Crippen LogP contribution in [-0.4, -0.2) is 139 Å². The van der Waals surface area contributed by atoms with Crippen molar-refractivity contribution in [1.82, 2.24) is 23.5 Å². The summed E-state index contributed by atoms with van der Waals surface area (Å²) in [4.78, 5) is 90.9. The molecule has 4 atom stereocenters. The van der Waals surface area contributed by atoms with Gasteiger partial charge in [0.1, 0.15) is 34.3 Å². The fourth-order valence-corrected chi connectivity index (χ4v) is 17.7. The van der Waals surface area contributed by atoms with Crippen LogP contribution in [0, 0.1) is 71.0 Å². The Kier molecular flexibility index (Phi) is 35.1. The number of carbonyl (C=O) groups excluding carboxylic acids is 7. The Hall–Kier alpha value is -12.4. The van der Waals surface area contributed by atoms with Gasteiger partial charge < -0.3 is 36.2 Å². The molecule has 6 amide bonds. The number of Topliss-reactive ketones (excluding diaryl/α,β-unsaturated/α-hetero) is 1. The molecule has 0 aromatic heterocycles. The average Bonchev–Trinajstić information content (AvgIpc) is 1.53. The lowest BCUT2D eigenvalue weighted by atomic mass is 9.92. The highest BCUT2D eigenvalue weighted by Crippen LogP contribution is 2.34. The summed E-state index contributed by atoms with van der Waals surface area (Å²) in [5.41, 5.74) is 3.04. The number of ketones is 1. The van der Waals surface area contributed by atoms with Gasteiger partial charge in [0.15, 0.2) is 40.7 Å². The van der Waals surface area contributed by atoms with Gasteiger partial charge in [-0.05, 0) is 229 Å². The standard InChI is InChI=1S/C22H23NO2S.C20H20F2N2O3.C19H18F2N2O2.2C17H17F3N2O3S/c1-16-11-13-23(14-12-16)26(25)19-7-4-6-18(15-19)22(24)21-10-9-17-5-2-3-8-20(17)21;1-12-9-15(11-17(21)18(12)22)23-19(26)13-3-2-4-14(10-13)20(27)24-7-5-16(25)6-8-24;20-15-10-16(21)12-17(11-15)22-18(24)13-5-4-6-14(9-13)19(25)23-7-2-1-3-8-23;2*1-3-10(2)22-26(24,25)12-5-7-14(18)13(9-12)17(23)21-11-4-6-15(19)16(20)8-11/h2-10,15-16,21H,11-14H2,1H3;2-4,9-11,16,25H,5-8H2,1H3,(H,23,26);4-6,9-12H,1-3,7-8H2,(H,22,24);2*4-10,22H,3H2,1-2H3,(H,21,23)/t;;;2*10-/m...10/s1. The predicted molar refractivity (Wildman–Crippen MR) is 474 cm³/mol. The number of aliphatic hydroxyl groups is 1. The Morgan fingerprint density at radius 3 is 1.36 bits per heavy atom. The van der Waals surface area contributed by atoms with Gasteiger partial charge >= 0.3 is 0 Å². The molecule has 22 nitrogen and oxygen atoms in total. The summed E-state index contributed by atoms with van der Waals surface area (Å²) in [5, 5.41) is 18.9. The number of amides is 6. The summed E-state index contributed by atoms with van der Waals surface area (Å²) in [6, 6.07) is 43.1. The van der Waals surface area contributed by atoms with Gasteiger partial charge in [-0.2, -0.15) is 0 Å². The number of sulfonamides is 2. The molecule has 10 aromatic carbocycles. The van der Waals surface area contributed by atoms with Crippen LogP contribution in [0.5, 0.6) is 0 Å². The lowest BCUT2D eigenvalue weighted by molar-refractivity contribution is 0.0545. The van der Waals surface area contributed by atoms with Crippen molar-refractivity contribution < 1.29 is 104 Å². The number of rotatable bonds is 22. The lowest BCUT2D eigenvalue weighted by Gasteiger charge is -2.29. The molecule has 1 aliphatic carbocycles. The smallest absolute Gasteiger partial charge is 0.258 e. The maximum Gasteiger partial charge on any atom is 0.258 e. The van der Waals surface area contributed by atoms with Crippen LogP contribution in [0.15, 0.2) is 221 Å². The number of hydrogen-bond acceptors (Lipinski definition) is 13. The fourth-order valence-electron chi connectivity index (χ4n) is 13.7. The van der Waals surface area contributed by atoms with Gasteiger partial charge in [0.25, 0.3) is 35.4 Å². The third kappa shape index (κ3) is 27.4. The van der Waals surface area contributed by atoms with E-state index in [-0.39, 0.29) is 90.9 Å². The lowest BCUT2D eigenvalue weighted by Crippen LogP contribution is -2.40. The molecule has 7 N–H and O–H groups in total. The van der Waals surface area contributed by atoms with E-state index in [9.17, 15) is 104 Å². The van der Waals surface area contributed by atoms with Crippen molar-refractivity contribution in [2.75, 3.05) is 60.5 Å². The Balaban J connectivity index is 0.000000169. The number of hydrogen-bond donors (Lipinski definition) is 7. The van der Waals surface area contributed by atoms with E-state index in [1.165, 1.54) is 25.1 Å². The van der Waals surface area contributed by atoms with Crippen molar-refractivity contribution in [3.63, 3.8) is 0 Å². The third-order valence-corrected chi connectivity index (χ3v) is 26.0. The van der Waals surface area contributed by atoms with Crippen molar-refractivity contribution >= 4 is 101 Å². The minimum absolute atomic E-state index is 0.0234. The molecule has 0 radical (unpaired) electrons. The van der Waals surface area contributed by atoms with E-state index in [0.29, 0.717) is 61.4 Å². The first-order valence-corrected chi connectivity index (χ1v) is 45.6. The quantitative estimate of drug-likeness (QED) is 0.0246. The molecular weight excluding hydrogens is 1760 g/mol. The number of anilines is 4. The molecular formula is C95H95F10N9O13S3. The molecule has 10 aromatic rings. The first-order chi connectivity index (χ1) is 61.8. The van der Waals surface area contributed by atoms with Crippen molar-refractivity contribution in [2.45, 2.75) is 138 Å². The number of likely N-dealkylation sites (tertiary alicyclic amines) is 2. The van der Waals surface area contributed by atoms with Crippen LogP contribution in [-0.2, 0) is 31.0 Å². The molecule has 2 unspecified atom stereocenters. The number of allylic oxidation sites excluding steroid dienone is 1. The highest BCUT2D eigenvalue weighted by molar-refractivity contribution is 7.89. The Labute approximate surface area is 748 Å². The molecule has 686 valence electrons. The molecule has 3 aliphatic heterocycles. The van der Waals surface area contributed by atoms with Crippen LogP contribution in [0.4, 0.5) is 66.7 Å². The van der Waals surface area contributed by atoms with E-state index >= 15 is 0 Å². The number of halogens is 10. The van der Waals surface area contributed by atoms with Crippen LogP contribution >= 0.6 is 0 Å². The summed E-state index contributed by atoms with van der Waals surface area (Å²) in [7, 11) is -9.07. The van der Waals surface area contributed by atoms with Gasteiger partial charge in [0, 0.05) is 126 Å². The summed E-state index contributed by atoms with van der Waals surface area (Å²) in [6.45, 7) is 14.6. The normalized spacial score (nSPS) is 15.2. The molecule has 3 saturated heterocycles. The van der Waals surface area contributed by atoms with Gasteiger partial charge in [-0.3, -0.25) is 33.6 Å². The second-order valence-corrected chi connectivity index (χ2v) is 36.1. The van der Waals surface area contributed by atoms with Gasteiger partial charge in [0.05, 0.1) is 37.8 Å². The molecule has 0 spiro atoms. The van der Waals surface area contributed by atoms with E-state index in [1.807, 2.05) is 65.0 Å². The van der Waals surface area contributed by atoms with E-state index in [2.05, 4.69) is 37.6 Å². The molecule has 0 bridgehead atoms. The zero-order chi connectivity index (χ0) is 94.4. The van der Waals surface area contributed by atoms with Crippen LogP contribution in [0.25, 0.3) is 6.08 Å². The molecule has 35 heteroatoms. The van der Waals surface area contributed by atoms with Crippen molar-refractivity contribution in [3.05, 3.63) is 320 Å². The zero-order valence-corrected chi connectivity index (χ0v) is 73.8. The van der Waals surface area contributed by atoms with Crippen LogP contribution < -0.4 is 30.7 Å². The molecule has 130 heavy (non-hydrogen) atoms. The molecule has 14 rings (SSSR count). The maximum atomic E-state index is 14.0. The first kappa shape index (κ1) is 99.8. The highest BCUT2D eigenvalue weighted by atomic mass is 32.2. The SMILES string of the molecule is CC1CCN(S(=O)c2cccc(C(=O)C3C=Cc4ccccc43)c2)CC1.CC[C@@H](C)NS(=O)(=O)c1ccc(F)c(C(=O)Nc2ccc(F)c(F)c2)c1.CC[C@H](C)NS(=O)(=O)c1ccc(F)c(C(=O)Nc2ccc(F)c(F)c2)c1.Cc1cc(NC(=O)c2cccc(C(=O)N3CCC(O)CC3)c2)cc(F)c1F.O=C(Nc1cc(F)cc(F)c1)c1cccc(C(=O)N2CCCCC2)c1. The number of carbonyl (C=O) groups is 7. The summed E-state index contributed by atoms with van der Waals surface area (Å²) in [6.07, 6.45) is 11.0. The molecule has 0 saturated carbocycles. The van der Waals surface area contributed by atoms with Crippen molar-refractivity contribution in [1.29, 1.82) is 0 Å².